The van der Waals surface area contributed by atoms with Gasteiger partial charge in [-0.3, -0.25) is 9.59 Å². The summed E-state index contributed by atoms with van der Waals surface area (Å²) in [6.07, 6.45) is 0. The molecule has 0 unspecified atom stereocenters. The molecule has 0 radical (unpaired) electrons. The van der Waals surface area contributed by atoms with Crippen molar-refractivity contribution in [1.82, 2.24) is 4.90 Å². The van der Waals surface area contributed by atoms with E-state index in [0.29, 0.717) is 10.7 Å². The summed E-state index contributed by atoms with van der Waals surface area (Å²) < 4.78 is 4.98. The summed E-state index contributed by atoms with van der Waals surface area (Å²) in [6.45, 7) is 3.21. The van der Waals surface area contributed by atoms with Crippen LogP contribution >= 0.6 is 11.6 Å². The number of hydrogen-bond donors (Lipinski definition) is 1. The second kappa shape index (κ2) is 9.19. The van der Waals surface area contributed by atoms with Crippen LogP contribution in [0.2, 0.25) is 5.02 Å². The van der Waals surface area contributed by atoms with E-state index in [0.717, 1.165) is 11.1 Å². The number of ether oxygens (including phenoxy) is 1. The van der Waals surface area contributed by atoms with Crippen LogP contribution < -0.4 is 5.32 Å². The van der Waals surface area contributed by atoms with Crippen LogP contribution in [0, 0.1) is 13.8 Å². The Morgan fingerprint density at radius 3 is 2.56 bits per heavy atom. The van der Waals surface area contributed by atoms with E-state index in [2.05, 4.69) is 5.32 Å². The fourth-order valence-electron chi connectivity index (χ4n) is 2.30. The van der Waals surface area contributed by atoms with Crippen LogP contribution in [0.4, 0.5) is 5.69 Å². The van der Waals surface area contributed by atoms with Crippen LogP contribution in [0.1, 0.15) is 21.5 Å². The number of likely N-dealkylation sites (N-methyl/N-ethyl adjacent to an activating group) is 1. The summed E-state index contributed by atoms with van der Waals surface area (Å²) in [5.74, 6) is -1.47. The molecule has 0 saturated carbocycles. The predicted octanol–water partition coefficient (Wildman–Crippen LogP) is 3.21. The highest BCUT2D eigenvalue weighted by Crippen LogP contribution is 2.16. The molecule has 142 valence electrons. The molecule has 2 rings (SSSR count). The molecule has 0 spiro atoms. The first kappa shape index (κ1) is 20.5. The monoisotopic (exact) mass is 388 g/mol. The highest BCUT2D eigenvalue weighted by molar-refractivity contribution is 6.30. The highest BCUT2D eigenvalue weighted by atomic mass is 35.5. The first-order valence-corrected chi connectivity index (χ1v) is 8.68. The van der Waals surface area contributed by atoms with Gasteiger partial charge in [-0.1, -0.05) is 29.8 Å². The van der Waals surface area contributed by atoms with Crippen molar-refractivity contribution in [2.24, 2.45) is 0 Å². The minimum Gasteiger partial charge on any atom is -0.452 e. The molecule has 2 aromatic carbocycles. The van der Waals surface area contributed by atoms with Crippen LogP contribution in [0.5, 0.6) is 0 Å². The average Bonchev–Trinajstić information content (AvgIpc) is 2.62. The third-order valence-corrected chi connectivity index (χ3v) is 4.10. The Morgan fingerprint density at radius 1 is 1.11 bits per heavy atom. The molecule has 0 saturated heterocycles. The lowest BCUT2D eigenvalue weighted by Gasteiger charge is -2.17. The quantitative estimate of drug-likeness (QED) is 0.771. The molecule has 0 aliphatic heterocycles. The van der Waals surface area contributed by atoms with E-state index >= 15 is 0 Å². The number of esters is 1. The second-order valence-electron chi connectivity index (χ2n) is 6.20. The van der Waals surface area contributed by atoms with Crippen LogP contribution in [0.15, 0.2) is 42.5 Å². The summed E-state index contributed by atoms with van der Waals surface area (Å²) in [7, 11) is 1.47. The molecule has 2 amide bonds. The summed E-state index contributed by atoms with van der Waals surface area (Å²) >= 11 is 5.82. The van der Waals surface area contributed by atoms with Crippen molar-refractivity contribution in [3.8, 4) is 0 Å². The largest absolute Gasteiger partial charge is 0.452 e. The van der Waals surface area contributed by atoms with Crippen molar-refractivity contribution in [3.63, 3.8) is 0 Å². The number of halogens is 1. The maximum absolute atomic E-state index is 12.2. The first-order chi connectivity index (χ1) is 12.8. The normalized spacial score (nSPS) is 10.2. The molecule has 0 heterocycles. The standard InChI is InChI=1S/C20H21ClN2O4/c1-13-7-8-14(2)17(9-13)22-18(24)11-23(3)19(25)12-27-20(26)15-5-4-6-16(21)10-15/h4-10H,11-12H2,1-3H3,(H,22,24). The van der Waals surface area contributed by atoms with Crippen LogP contribution in [0.25, 0.3) is 0 Å². The zero-order valence-electron chi connectivity index (χ0n) is 15.4. The van der Waals surface area contributed by atoms with Crippen molar-refractivity contribution in [3.05, 3.63) is 64.2 Å². The fraction of sp³-hybridized carbons (Fsp3) is 0.250. The Kier molecular flexibility index (Phi) is 6.96. The van der Waals surface area contributed by atoms with Crippen LogP contribution in [-0.2, 0) is 14.3 Å². The van der Waals surface area contributed by atoms with Crippen molar-refractivity contribution in [2.75, 3.05) is 25.5 Å². The van der Waals surface area contributed by atoms with Gasteiger partial charge in [0.1, 0.15) is 0 Å². The molecule has 0 bridgehead atoms. The zero-order valence-corrected chi connectivity index (χ0v) is 16.2. The van der Waals surface area contributed by atoms with Crippen molar-refractivity contribution < 1.29 is 19.1 Å². The van der Waals surface area contributed by atoms with E-state index in [1.54, 1.807) is 18.2 Å². The minimum atomic E-state index is -0.654. The number of amides is 2. The molecule has 0 atom stereocenters. The van der Waals surface area contributed by atoms with Gasteiger partial charge < -0.3 is 15.0 Å². The molecule has 27 heavy (non-hydrogen) atoms. The summed E-state index contributed by atoms with van der Waals surface area (Å²) in [5, 5.41) is 3.18. The predicted molar refractivity (Wildman–Crippen MR) is 104 cm³/mol. The summed E-state index contributed by atoms with van der Waals surface area (Å²) in [4.78, 5) is 37.4. The van der Waals surface area contributed by atoms with E-state index in [9.17, 15) is 14.4 Å². The molecule has 6 nitrogen and oxygen atoms in total. The summed E-state index contributed by atoms with van der Waals surface area (Å²) in [6, 6.07) is 12.0. The zero-order chi connectivity index (χ0) is 20.0. The number of hydrogen-bond acceptors (Lipinski definition) is 4. The van der Waals surface area contributed by atoms with E-state index in [-0.39, 0.29) is 18.0 Å². The van der Waals surface area contributed by atoms with Gasteiger partial charge in [0.05, 0.1) is 12.1 Å². The lowest BCUT2D eigenvalue weighted by Crippen LogP contribution is -2.37. The smallest absolute Gasteiger partial charge is 0.338 e. The third kappa shape index (κ3) is 6.11. The Morgan fingerprint density at radius 2 is 1.85 bits per heavy atom. The molecule has 7 heteroatoms. The van der Waals surface area contributed by atoms with Crippen molar-refractivity contribution in [2.45, 2.75) is 13.8 Å². The SMILES string of the molecule is Cc1ccc(C)c(NC(=O)CN(C)C(=O)COC(=O)c2cccc(Cl)c2)c1. The van der Waals surface area contributed by atoms with E-state index in [1.807, 2.05) is 32.0 Å². The number of carbonyl (C=O) groups excluding carboxylic acids is 3. The molecule has 0 fully saturated rings. The number of benzene rings is 2. The van der Waals surface area contributed by atoms with E-state index < -0.39 is 18.5 Å². The van der Waals surface area contributed by atoms with Gasteiger partial charge in [0.25, 0.3) is 5.91 Å². The highest BCUT2D eigenvalue weighted by Gasteiger charge is 2.16. The Hall–Kier alpha value is -2.86. The molecule has 0 aliphatic carbocycles. The molecule has 0 aromatic heterocycles. The van der Waals surface area contributed by atoms with Gasteiger partial charge in [-0.05, 0) is 49.2 Å². The Balaban J connectivity index is 1.85. The third-order valence-electron chi connectivity index (χ3n) is 3.86. The van der Waals surface area contributed by atoms with E-state index in [1.165, 1.54) is 18.0 Å². The maximum atomic E-state index is 12.2. The number of rotatable bonds is 6. The lowest BCUT2D eigenvalue weighted by molar-refractivity contribution is -0.136. The molecular weight excluding hydrogens is 368 g/mol. The maximum Gasteiger partial charge on any atom is 0.338 e. The number of carbonyl (C=O) groups is 3. The Bertz CT molecular complexity index is 867. The second-order valence-corrected chi connectivity index (χ2v) is 6.64. The average molecular weight is 389 g/mol. The van der Waals surface area contributed by atoms with Crippen molar-refractivity contribution >= 4 is 35.1 Å². The minimum absolute atomic E-state index is 0.152. The van der Waals surface area contributed by atoms with Gasteiger partial charge >= 0.3 is 5.97 Å². The number of nitrogens with one attached hydrogen (secondary N) is 1. The number of aryl methyl sites for hydroxylation is 2. The van der Waals surface area contributed by atoms with Crippen LogP contribution in [0.3, 0.4) is 0 Å². The fourth-order valence-corrected chi connectivity index (χ4v) is 2.49. The van der Waals surface area contributed by atoms with Gasteiger partial charge in [0.2, 0.25) is 5.91 Å². The molecular formula is C20H21ClN2O4. The van der Waals surface area contributed by atoms with Crippen LogP contribution in [-0.4, -0.2) is 42.9 Å². The topological polar surface area (TPSA) is 75.7 Å². The van der Waals surface area contributed by atoms with Gasteiger partial charge in [0.15, 0.2) is 6.61 Å². The van der Waals surface area contributed by atoms with Gasteiger partial charge in [0, 0.05) is 17.8 Å². The van der Waals surface area contributed by atoms with Gasteiger partial charge in [-0.15, -0.1) is 0 Å². The van der Waals surface area contributed by atoms with Gasteiger partial charge in [-0.2, -0.15) is 0 Å². The molecule has 0 aliphatic rings. The number of anilines is 1. The molecule has 1 N–H and O–H groups in total. The summed E-state index contributed by atoms with van der Waals surface area (Å²) in [5.41, 5.74) is 2.91. The van der Waals surface area contributed by atoms with E-state index in [4.69, 9.17) is 16.3 Å². The van der Waals surface area contributed by atoms with Gasteiger partial charge in [-0.25, -0.2) is 4.79 Å². The number of nitrogens with zero attached hydrogens (tertiary/aromatic N) is 1. The Labute approximate surface area is 163 Å². The van der Waals surface area contributed by atoms with Crippen molar-refractivity contribution in [1.29, 1.82) is 0 Å². The lowest BCUT2D eigenvalue weighted by atomic mass is 10.1. The molecule has 2 aromatic rings. The first-order valence-electron chi connectivity index (χ1n) is 8.30.